The van der Waals surface area contributed by atoms with Crippen molar-refractivity contribution in [3.8, 4) is 5.75 Å². The molecule has 2 aromatic rings. The van der Waals surface area contributed by atoms with Gasteiger partial charge in [-0.05, 0) is 55.7 Å². The lowest BCUT2D eigenvalue weighted by Gasteiger charge is -2.18. The minimum absolute atomic E-state index is 0.270. The Morgan fingerprint density at radius 3 is 2.32 bits per heavy atom. The summed E-state index contributed by atoms with van der Waals surface area (Å²) in [6.07, 6.45) is 0. The summed E-state index contributed by atoms with van der Waals surface area (Å²) in [7, 11) is 1.69. The van der Waals surface area contributed by atoms with Crippen LogP contribution < -0.4 is 10.1 Å². The van der Waals surface area contributed by atoms with Crippen LogP contribution in [0.4, 0.5) is 5.69 Å². The Kier molecular flexibility index (Phi) is 4.10. The highest BCUT2D eigenvalue weighted by atomic mass is 16.5. The molecule has 0 bridgehead atoms. The van der Waals surface area contributed by atoms with Crippen LogP contribution in [0.3, 0.4) is 0 Å². The average Bonchev–Trinajstić information content (AvgIpc) is 2.44. The van der Waals surface area contributed by atoms with Gasteiger partial charge >= 0.3 is 0 Å². The Bertz CT molecular complexity index is 546. The molecule has 0 heterocycles. The van der Waals surface area contributed by atoms with Gasteiger partial charge in [0.25, 0.3) is 0 Å². The van der Waals surface area contributed by atoms with Crippen LogP contribution in [0.15, 0.2) is 42.5 Å². The van der Waals surface area contributed by atoms with E-state index in [0.717, 1.165) is 5.75 Å². The topological polar surface area (TPSA) is 21.3 Å². The first-order valence-corrected chi connectivity index (χ1v) is 6.58. The Hall–Kier alpha value is -1.96. The summed E-state index contributed by atoms with van der Waals surface area (Å²) >= 11 is 0. The summed E-state index contributed by atoms with van der Waals surface area (Å²) < 4.78 is 5.18. The first kappa shape index (κ1) is 13.5. The van der Waals surface area contributed by atoms with Gasteiger partial charge in [0.1, 0.15) is 5.75 Å². The molecule has 1 atom stereocenters. The van der Waals surface area contributed by atoms with Crippen molar-refractivity contribution in [2.75, 3.05) is 12.4 Å². The zero-order chi connectivity index (χ0) is 13.8. The molecule has 0 saturated carbocycles. The Balaban J connectivity index is 2.15. The SMILES string of the molecule is COc1ccc(C(C)Nc2cccc(C)c2C)cc1. The van der Waals surface area contributed by atoms with E-state index >= 15 is 0 Å². The van der Waals surface area contributed by atoms with Gasteiger partial charge < -0.3 is 10.1 Å². The van der Waals surface area contributed by atoms with Gasteiger partial charge in [-0.15, -0.1) is 0 Å². The molecule has 0 saturated heterocycles. The van der Waals surface area contributed by atoms with E-state index in [0.29, 0.717) is 0 Å². The van der Waals surface area contributed by atoms with E-state index in [-0.39, 0.29) is 6.04 Å². The van der Waals surface area contributed by atoms with E-state index < -0.39 is 0 Å². The summed E-state index contributed by atoms with van der Waals surface area (Å²) in [5.41, 5.74) is 5.07. The molecule has 1 N–H and O–H groups in total. The molecule has 0 aliphatic carbocycles. The predicted octanol–water partition coefficient (Wildman–Crippen LogP) is 4.49. The van der Waals surface area contributed by atoms with Crippen molar-refractivity contribution in [1.29, 1.82) is 0 Å². The van der Waals surface area contributed by atoms with Gasteiger partial charge in [-0.1, -0.05) is 24.3 Å². The number of methoxy groups -OCH3 is 1. The highest BCUT2D eigenvalue weighted by Crippen LogP contribution is 2.25. The minimum atomic E-state index is 0.270. The van der Waals surface area contributed by atoms with Crippen LogP contribution in [0.5, 0.6) is 5.75 Å². The molecule has 0 spiro atoms. The molecule has 0 amide bonds. The molecule has 2 rings (SSSR count). The zero-order valence-corrected chi connectivity index (χ0v) is 12.0. The van der Waals surface area contributed by atoms with Crippen LogP contribution in [-0.2, 0) is 0 Å². The second kappa shape index (κ2) is 5.79. The maximum atomic E-state index is 5.18. The van der Waals surface area contributed by atoms with Crippen molar-refractivity contribution in [3.05, 3.63) is 59.2 Å². The van der Waals surface area contributed by atoms with E-state index in [1.807, 2.05) is 12.1 Å². The van der Waals surface area contributed by atoms with Crippen LogP contribution in [-0.4, -0.2) is 7.11 Å². The second-order valence-electron chi connectivity index (χ2n) is 4.89. The highest BCUT2D eigenvalue weighted by molar-refractivity contribution is 5.55. The number of anilines is 1. The number of benzene rings is 2. The van der Waals surface area contributed by atoms with E-state index in [2.05, 4.69) is 56.4 Å². The van der Waals surface area contributed by atoms with Crippen molar-refractivity contribution in [2.24, 2.45) is 0 Å². The number of nitrogens with one attached hydrogen (secondary N) is 1. The summed E-state index contributed by atoms with van der Waals surface area (Å²) in [6, 6.07) is 14.8. The smallest absolute Gasteiger partial charge is 0.118 e. The summed E-state index contributed by atoms with van der Waals surface area (Å²) in [5, 5.41) is 3.56. The second-order valence-corrected chi connectivity index (χ2v) is 4.89. The summed E-state index contributed by atoms with van der Waals surface area (Å²) in [6.45, 7) is 6.46. The number of hydrogen-bond donors (Lipinski definition) is 1. The molecule has 0 radical (unpaired) electrons. The minimum Gasteiger partial charge on any atom is -0.497 e. The molecular formula is C17H21NO. The Morgan fingerprint density at radius 2 is 1.68 bits per heavy atom. The summed E-state index contributed by atoms with van der Waals surface area (Å²) in [5.74, 6) is 0.891. The number of rotatable bonds is 4. The van der Waals surface area contributed by atoms with E-state index in [9.17, 15) is 0 Å². The first-order chi connectivity index (χ1) is 9.11. The van der Waals surface area contributed by atoms with Crippen molar-refractivity contribution in [1.82, 2.24) is 0 Å². The number of aryl methyl sites for hydroxylation is 1. The lowest BCUT2D eigenvalue weighted by Crippen LogP contribution is -2.08. The van der Waals surface area contributed by atoms with Gasteiger partial charge in [-0.3, -0.25) is 0 Å². The molecule has 2 aromatic carbocycles. The van der Waals surface area contributed by atoms with Gasteiger partial charge in [-0.25, -0.2) is 0 Å². The van der Waals surface area contributed by atoms with Crippen LogP contribution in [0.2, 0.25) is 0 Å². The Morgan fingerprint density at radius 1 is 1.00 bits per heavy atom. The van der Waals surface area contributed by atoms with E-state index in [1.165, 1.54) is 22.4 Å². The highest BCUT2D eigenvalue weighted by Gasteiger charge is 2.07. The van der Waals surface area contributed by atoms with Crippen LogP contribution in [0, 0.1) is 13.8 Å². The van der Waals surface area contributed by atoms with Crippen LogP contribution >= 0.6 is 0 Å². The predicted molar refractivity (Wildman–Crippen MR) is 80.9 cm³/mol. The normalized spacial score (nSPS) is 12.0. The lowest BCUT2D eigenvalue weighted by atomic mass is 10.0. The van der Waals surface area contributed by atoms with Crippen LogP contribution in [0.1, 0.15) is 29.7 Å². The lowest BCUT2D eigenvalue weighted by molar-refractivity contribution is 0.414. The van der Waals surface area contributed by atoms with Gasteiger partial charge in [0.2, 0.25) is 0 Å². The van der Waals surface area contributed by atoms with Crippen LogP contribution in [0.25, 0.3) is 0 Å². The molecule has 0 aromatic heterocycles. The fraction of sp³-hybridized carbons (Fsp3) is 0.294. The standard InChI is InChI=1S/C17H21NO/c1-12-6-5-7-17(13(12)2)18-14(3)15-8-10-16(19-4)11-9-15/h5-11,14,18H,1-4H3. The van der Waals surface area contributed by atoms with E-state index in [4.69, 9.17) is 4.74 Å². The quantitative estimate of drug-likeness (QED) is 0.869. The van der Waals surface area contributed by atoms with Crippen molar-refractivity contribution < 1.29 is 4.74 Å². The van der Waals surface area contributed by atoms with Gasteiger partial charge in [-0.2, -0.15) is 0 Å². The maximum absolute atomic E-state index is 5.18. The molecule has 2 nitrogen and oxygen atoms in total. The molecular weight excluding hydrogens is 234 g/mol. The fourth-order valence-corrected chi connectivity index (χ4v) is 2.12. The van der Waals surface area contributed by atoms with Crippen molar-refractivity contribution in [2.45, 2.75) is 26.8 Å². The number of hydrogen-bond acceptors (Lipinski definition) is 2. The van der Waals surface area contributed by atoms with Gasteiger partial charge in [0, 0.05) is 11.7 Å². The largest absolute Gasteiger partial charge is 0.497 e. The van der Waals surface area contributed by atoms with Gasteiger partial charge in [0.05, 0.1) is 7.11 Å². The van der Waals surface area contributed by atoms with Crippen molar-refractivity contribution in [3.63, 3.8) is 0 Å². The third kappa shape index (κ3) is 3.08. The summed E-state index contributed by atoms with van der Waals surface area (Å²) in [4.78, 5) is 0. The van der Waals surface area contributed by atoms with Gasteiger partial charge in [0.15, 0.2) is 0 Å². The third-order valence-electron chi connectivity index (χ3n) is 3.59. The maximum Gasteiger partial charge on any atom is 0.118 e. The molecule has 0 fully saturated rings. The Labute approximate surface area is 115 Å². The molecule has 2 heteroatoms. The molecule has 0 aliphatic heterocycles. The molecule has 19 heavy (non-hydrogen) atoms. The van der Waals surface area contributed by atoms with E-state index in [1.54, 1.807) is 7.11 Å². The zero-order valence-electron chi connectivity index (χ0n) is 12.0. The molecule has 100 valence electrons. The molecule has 1 unspecified atom stereocenters. The van der Waals surface area contributed by atoms with Crippen molar-refractivity contribution >= 4 is 5.69 Å². The molecule has 0 aliphatic rings. The third-order valence-corrected chi connectivity index (χ3v) is 3.59. The monoisotopic (exact) mass is 255 g/mol. The first-order valence-electron chi connectivity index (χ1n) is 6.58. The fourth-order valence-electron chi connectivity index (χ4n) is 2.12. The number of ether oxygens (including phenoxy) is 1. The average molecular weight is 255 g/mol.